The zero-order valence-corrected chi connectivity index (χ0v) is 18.3. The van der Waals surface area contributed by atoms with Crippen LogP contribution in [0.4, 0.5) is 17.1 Å². The predicted octanol–water partition coefficient (Wildman–Crippen LogP) is 5.00. The van der Waals surface area contributed by atoms with Crippen molar-refractivity contribution < 1.29 is 4.79 Å². The monoisotopic (exact) mass is 411 g/mol. The molecule has 1 amide bonds. The summed E-state index contributed by atoms with van der Waals surface area (Å²) in [6.07, 6.45) is 1.91. The number of hydrogen-bond acceptors (Lipinski definition) is 5. The highest BCUT2D eigenvalue weighted by atomic mass is 32.2. The number of thiocarbonyl (C=S) groups is 1. The molecule has 1 fully saturated rings. The number of carbonyl (C=O) groups is 1. The molecule has 0 saturated carbocycles. The first kappa shape index (κ1) is 20.4. The van der Waals surface area contributed by atoms with Crippen LogP contribution in [0.15, 0.2) is 53.4 Å². The van der Waals surface area contributed by atoms with Crippen molar-refractivity contribution in [3.63, 3.8) is 0 Å². The zero-order chi connectivity index (χ0) is 20.3. The Labute approximate surface area is 176 Å². The maximum atomic E-state index is 13.0. The lowest BCUT2D eigenvalue weighted by Crippen LogP contribution is -2.27. The van der Waals surface area contributed by atoms with Gasteiger partial charge in [-0.15, -0.1) is 0 Å². The summed E-state index contributed by atoms with van der Waals surface area (Å²) in [5.41, 5.74) is 4.07. The Bertz CT molecular complexity index is 885. The molecule has 0 atom stereocenters. The molecule has 3 rings (SSSR count). The van der Waals surface area contributed by atoms with Crippen LogP contribution in [0.1, 0.15) is 19.4 Å². The Morgan fingerprint density at radius 3 is 2.07 bits per heavy atom. The van der Waals surface area contributed by atoms with Crippen LogP contribution >= 0.6 is 24.0 Å². The molecule has 0 radical (unpaired) electrons. The smallest absolute Gasteiger partial charge is 0.270 e. The molecule has 0 aliphatic carbocycles. The molecule has 0 bridgehead atoms. The van der Waals surface area contributed by atoms with E-state index < -0.39 is 0 Å². The van der Waals surface area contributed by atoms with Gasteiger partial charge in [0, 0.05) is 38.6 Å². The Kier molecular flexibility index (Phi) is 6.42. The first-order valence-electron chi connectivity index (χ1n) is 9.35. The molecule has 28 heavy (non-hydrogen) atoms. The summed E-state index contributed by atoms with van der Waals surface area (Å²) in [4.78, 5) is 19.5. The van der Waals surface area contributed by atoms with Crippen molar-refractivity contribution >= 4 is 57.3 Å². The number of nitrogens with zero attached hydrogens (tertiary/aromatic N) is 3. The third kappa shape index (κ3) is 4.23. The van der Waals surface area contributed by atoms with E-state index in [1.165, 1.54) is 11.8 Å². The summed E-state index contributed by atoms with van der Waals surface area (Å²) in [6.45, 7) is 6.17. The second kappa shape index (κ2) is 8.80. The van der Waals surface area contributed by atoms with Crippen molar-refractivity contribution in [3.8, 4) is 0 Å². The molecule has 1 aliphatic heterocycles. The van der Waals surface area contributed by atoms with E-state index in [4.69, 9.17) is 12.2 Å². The second-order valence-electron chi connectivity index (χ2n) is 6.69. The highest BCUT2D eigenvalue weighted by Gasteiger charge is 2.33. The minimum atomic E-state index is -0.0673. The van der Waals surface area contributed by atoms with E-state index >= 15 is 0 Å². The highest BCUT2D eigenvalue weighted by Crippen LogP contribution is 2.36. The van der Waals surface area contributed by atoms with Gasteiger partial charge < -0.3 is 9.80 Å². The van der Waals surface area contributed by atoms with Crippen LogP contribution in [0.2, 0.25) is 0 Å². The Morgan fingerprint density at radius 2 is 1.54 bits per heavy atom. The van der Waals surface area contributed by atoms with E-state index in [9.17, 15) is 4.79 Å². The second-order valence-corrected chi connectivity index (χ2v) is 8.37. The third-order valence-corrected chi connectivity index (χ3v) is 6.04. The van der Waals surface area contributed by atoms with Gasteiger partial charge in [-0.05, 0) is 61.9 Å². The van der Waals surface area contributed by atoms with Gasteiger partial charge in [0.05, 0.1) is 10.6 Å². The fourth-order valence-corrected chi connectivity index (χ4v) is 4.41. The van der Waals surface area contributed by atoms with Gasteiger partial charge in [-0.1, -0.05) is 36.1 Å². The average Bonchev–Trinajstić information content (AvgIpc) is 2.97. The van der Waals surface area contributed by atoms with E-state index in [0.717, 1.165) is 35.7 Å². The molecule has 4 nitrogen and oxygen atoms in total. The lowest BCUT2D eigenvalue weighted by Gasteiger charge is -2.22. The molecular formula is C22H25N3OS2. The minimum Gasteiger partial charge on any atom is -0.378 e. The van der Waals surface area contributed by atoms with Crippen molar-refractivity contribution in [3.05, 3.63) is 59.0 Å². The van der Waals surface area contributed by atoms with Crippen LogP contribution in [-0.2, 0) is 4.79 Å². The standard InChI is InChI=1S/C22H25N3OS2/c1-5-24(6-2)18-11-13-19(14-12-18)25-21(26)20(28-22(25)27)15-16-7-9-17(10-8-16)23(3)4/h7-15H,5-6H2,1-4H3. The largest absolute Gasteiger partial charge is 0.378 e. The molecule has 0 aromatic heterocycles. The van der Waals surface area contributed by atoms with Crippen LogP contribution in [0, 0.1) is 0 Å². The normalized spacial score (nSPS) is 15.4. The Hall–Kier alpha value is -2.31. The van der Waals surface area contributed by atoms with E-state index in [1.807, 2.05) is 73.6 Å². The molecule has 2 aromatic rings. The molecule has 1 heterocycles. The van der Waals surface area contributed by atoms with Gasteiger partial charge in [0.25, 0.3) is 5.91 Å². The molecule has 0 spiro atoms. The topological polar surface area (TPSA) is 26.8 Å². The first-order chi connectivity index (χ1) is 13.4. The zero-order valence-electron chi connectivity index (χ0n) is 16.7. The lowest BCUT2D eigenvalue weighted by molar-refractivity contribution is -0.113. The molecule has 1 aliphatic rings. The molecule has 146 valence electrons. The summed E-state index contributed by atoms with van der Waals surface area (Å²) in [6, 6.07) is 16.1. The fourth-order valence-electron chi connectivity index (χ4n) is 3.11. The predicted molar refractivity (Wildman–Crippen MR) is 126 cm³/mol. The number of benzene rings is 2. The average molecular weight is 412 g/mol. The minimum absolute atomic E-state index is 0.0673. The molecule has 2 aromatic carbocycles. The van der Waals surface area contributed by atoms with Crippen molar-refractivity contribution in [2.75, 3.05) is 41.9 Å². The van der Waals surface area contributed by atoms with Gasteiger partial charge in [0.15, 0.2) is 4.32 Å². The Morgan fingerprint density at radius 1 is 0.964 bits per heavy atom. The maximum absolute atomic E-state index is 13.0. The van der Waals surface area contributed by atoms with E-state index in [2.05, 4.69) is 18.7 Å². The van der Waals surface area contributed by atoms with E-state index in [1.54, 1.807) is 4.90 Å². The summed E-state index contributed by atoms with van der Waals surface area (Å²) >= 11 is 6.84. The molecule has 0 N–H and O–H groups in total. The summed E-state index contributed by atoms with van der Waals surface area (Å²) < 4.78 is 0.566. The number of anilines is 3. The molecule has 1 saturated heterocycles. The summed E-state index contributed by atoms with van der Waals surface area (Å²) in [7, 11) is 4.01. The van der Waals surface area contributed by atoms with Crippen LogP contribution in [-0.4, -0.2) is 37.4 Å². The van der Waals surface area contributed by atoms with Gasteiger partial charge in [-0.2, -0.15) is 0 Å². The number of carbonyl (C=O) groups excluding carboxylic acids is 1. The lowest BCUT2D eigenvalue weighted by atomic mass is 10.2. The van der Waals surface area contributed by atoms with Crippen LogP contribution in [0.5, 0.6) is 0 Å². The van der Waals surface area contributed by atoms with Gasteiger partial charge in [0.2, 0.25) is 0 Å². The summed E-state index contributed by atoms with van der Waals surface area (Å²) in [5.74, 6) is -0.0673. The van der Waals surface area contributed by atoms with Crippen LogP contribution in [0.3, 0.4) is 0 Å². The quantitative estimate of drug-likeness (QED) is 0.492. The molecule has 0 unspecified atom stereocenters. The van der Waals surface area contributed by atoms with Gasteiger partial charge in [-0.25, -0.2) is 0 Å². The number of rotatable bonds is 6. The maximum Gasteiger partial charge on any atom is 0.270 e. The van der Waals surface area contributed by atoms with Gasteiger partial charge in [0.1, 0.15) is 0 Å². The van der Waals surface area contributed by atoms with E-state index in [0.29, 0.717) is 9.23 Å². The van der Waals surface area contributed by atoms with Crippen molar-refractivity contribution in [2.45, 2.75) is 13.8 Å². The Balaban J connectivity index is 1.81. The summed E-state index contributed by atoms with van der Waals surface area (Å²) in [5, 5.41) is 0. The van der Waals surface area contributed by atoms with Crippen LogP contribution in [0.25, 0.3) is 6.08 Å². The van der Waals surface area contributed by atoms with Crippen molar-refractivity contribution in [2.24, 2.45) is 0 Å². The van der Waals surface area contributed by atoms with Crippen LogP contribution < -0.4 is 14.7 Å². The third-order valence-electron chi connectivity index (χ3n) is 4.74. The van der Waals surface area contributed by atoms with Crippen molar-refractivity contribution in [1.82, 2.24) is 0 Å². The van der Waals surface area contributed by atoms with Gasteiger partial charge in [-0.3, -0.25) is 9.69 Å². The molecule has 6 heteroatoms. The van der Waals surface area contributed by atoms with E-state index in [-0.39, 0.29) is 5.91 Å². The fraction of sp³-hybridized carbons (Fsp3) is 0.273. The number of hydrogen-bond donors (Lipinski definition) is 0. The van der Waals surface area contributed by atoms with Gasteiger partial charge >= 0.3 is 0 Å². The number of thioether (sulfide) groups is 1. The number of amides is 1. The SMILES string of the molecule is CCN(CC)c1ccc(N2C(=O)C(=Cc3ccc(N(C)C)cc3)SC2=S)cc1. The van der Waals surface area contributed by atoms with Crippen molar-refractivity contribution in [1.29, 1.82) is 0 Å². The first-order valence-corrected chi connectivity index (χ1v) is 10.6. The highest BCUT2D eigenvalue weighted by molar-refractivity contribution is 8.27. The molecular weight excluding hydrogens is 386 g/mol.